The van der Waals surface area contributed by atoms with Crippen LogP contribution in [-0.2, 0) is 14.8 Å². The highest BCUT2D eigenvalue weighted by Crippen LogP contribution is 2.25. The lowest BCUT2D eigenvalue weighted by Gasteiger charge is -2.19. The van der Waals surface area contributed by atoms with Crippen LogP contribution in [0.2, 0.25) is 0 Å². The molecule has 0 saturated heterocycles. The Balaban J connectivity index is 2.47. The molecular weight excluding hydrogens is 342 g/mol. The molecule has 1 aromatic heterocycles. The molecule has 0 radical (unpaired) electrons. The van der Waals surface area contributed by atoms with Crippen molar-refractivity contribution in [3.63, 3.8) is 0 Å². The van der Waals surface area contributed by atoms with E-state index in [4.69, 9.17) is 4.74 Å². The number of rotatable bonds is 7. The van der Waals surface area contributed by atoms with E-state index >= 15 is 0 Å². The van der Waals surface area contributed by atoms with Crippen molar-refractivity contribution in [1.82, 2.24) is 10.3 Å². The molecule has 0 atom stereocenters. The Morgan fingerprint density at radius 2 is 1.92 bits per heavy atom. The number of hydrogen-bond acceptors (Lipinski definition) is 5. The van der Waals surface area contributed by atoms with Crippen LogP contribution in [0.15, 0.2) is 42.6 Å². The maximum Gasteiger partial charge on any atom is 0.255 e. The van der Waals surface area contributed by atoms with Crippen molar-refractivity contribution >= 4 is 21.7 Å². The number of aromatic nitrogens is 1. The first-order valence-corrected chi connectivity index (χ1v) is 9.46. The molecule has 0 aliphatic rings. The first-order valence-electron chi connectivity index (χ1n) is 7.61. The lowest BCUT2D eigenvalue weighted by atomic mass is 10.1. The fourth-order valence-electron chi connectivity index (χ4n) is 2.18. The maximum atomic E-state index is 12.5. The number of carbonyl (C=O) groups is 1. The van der Waals surface area contributed by atoms with Gasteiger partial charge in [-0.3, -0.25) is 9.10 Å². The Labute approximate surface area is 147 Å². The minimum atomic E-state index is -3.55. The molecule has 2 aromatic rings. The number of carbonyl (C=O) groups excluding carboxylic acids is 1. The Hall–Kier alpha value is -2.45. The van der Waals surface area contributed by atoms with E-state index in [0.29, 0.717) is 13.2 Å². The number of anilines is 1. The normalized spacial score (nSPS) is 11.2. The van der Waals surface area contributed by atoms with Crippen LogP contribution in [0.4, 0.5) is 5.82 Å². The molecule has 2 rings (SSSR count). The maximum absolute atomic E-state index is 12.5. The number of benzene rings is 1. The number of nitrogens with one attached hydrogen (secondary N) is 1. The average Bonchev–Trinajstić information content (AvgIpc) is 2.60. The topological polar surface area (TPSA) is 88.6 Å². The number of amides is 1. The first kappa shape index (κ1) is 18.9. The second-order valence-corrected chi connectivity index (χ2v) is 7.45. The van der Waals surface area contributed by atoms with Crippen molar-refractivity contribution in [2.45, 2.75) is 0 Å². The number of nitrogens with zero attached hydrogens (tertiary/aromatic N) is 2. The molecule has 0 aliphatic carbocycles. The van der Waals surface area contributed by atoms with Gasteiger partial charge in [-0.05, 0) is 11.6 Å². The zero-order chi connectivity index (χ0) is 18.4. The summed E-state index contributed by atoms with van der Waals surface area (Å²) in [6, 6.07) is 11.1. The quantitative estimate of drug-likeness (QED) is 0.754. The molecule has 0 bridgehead atoms. The highest BCUT2D eigenvalue weighted by molar-refractivity contribution is 7.92. The van der Waals surface area contributed by atoms with E-state index in [1.807, 2.05) is 30.3 Å². The van der Waals surface area contributed by atoms with Gasteiger partial charge in [0.25, 0.3) is 5.91 Å². The van der Waals surface area contributed by atoms with E-state index in [9.17, 15) is 13.2 Å². The van der Waals surface area contributed by atoms with Crippen LogP contribution in [0.25, 0.3) is 11.1 Å². The summed E-state index contributed by atoms with van der Waals surface area (Å²) in [4.78, 5) is 16.8. The second-order valence-electron chi connectivity index (χ2n) is 5.44. The van der Waals surface area contributed by atoms with Gasteiger partial charge >= 0.3 is 0 Å². The number of pyridine rings is 1. The van der Waals surface area contributed by atoms with E-state index in [2.05, 4.69) is 10.3 Å². The van der Waals surface area contributed by atoms with Gasteiger partial charge in [-0.25, -0.2) is 13.4 Å². The third-order valence-electron chi connectivity index (χ3n) is 3.61. The molecule has 8 heteroatoms. The minimum absolute atomic E-state index is 0.0806. The van der Waals surface area contributed by atoms with Crippen molar-refractivity contribution in [1.29, 1.82) is 0 Å². The van der Waals surface area contributed by atoms with E-state index < -0.39 is 15.9 Å². The zero-order valence-electron chi connectivity index (χ0n) is 14.4. The van der Waals surface area contributed by atoms with Gasteiger partial charge in [0.15, 0.2) is 5.82 Å². The summed E-state index contributed by atoms with van der Waals surface area (Å²) >= 11 is 0. The number of methoxy groups -OCH3 is 1. The van der Waals surface area contributed by atoms with Crippen LogP contribution in [0, 0.1) is 0 Å². The molecule has 25 heavy (non-hydrogen) atoms. The van der Waals surface area contributed by atoms with E-state index in [0.717, 1.165) is 21.7 Å². The predicted octanol–water partition coefficient (Wildman–Crippen LogP) is 1.52. The second kappa shape index (κ2) is 8.09. The Morgan fingerprint density at radius 3 is 2.52 bits per heavy atom. The summed E-state index contributed by atoms with van der Waals surface area (Å²) in [6.07, 6.45) is 2.62. The fraction of sp³-hybridized carbons (Fsp3) is 0.294. The van der Waals surface area contributed by atoms with Crippen LogP contribution in [0.1, 0.15) is 10.4 Å². The van der Waals surface area contributed by atoms with E-state index in [1.165, 1.54) is 14.2 Å². The van der Waals surface area contributed by atoms with Gasteiger partial charge in [0, 0.05) is 32.5 Å². The molecule has 1 heterocycles. The summed E-state index contributed by atoms with van der Waals surface area (Å²) < 4.78 is 29.6. The van der Waals surface area contributed by atoms with Crippen molar-refractivity contribution in [3.8, 4) is 11.1 Å². The van der Waals surface area contributed by atoms with Crippen LogP contribution in [0.3, 0.4) is 0 Å². The van der Waals surface area contributed by atoms with E-state index in [1.54, 1.807) is 12.3 Å². The molecule has 134 valence electrons. The molecule has 0 spiro atoms. The average molecular weight is 363 g/mol. The van der Waals surface area contributed by atoms with Gasteiger partial charge < -0.3 is 10.1 Å². The molecule has 0 saturated carbocycles. The lowest BCUT2D eigenvalue weighted by Crippen LogP contribution is -2.32. The minimum Gasteiger partial charge on any atom is -0.383 e. The van der Waals surface area contributed by atoms with Crippen molar-refractivity contribution in [3.05, 3.63) is 48.2 Å². The van der Waals surface area contributed by atoms with Crippen LogP contribution in [0.5, 0.6) is 0 Å². The van der Waals surface area contributed by atoms with Gasteiger partial charge in [0.2, 0.25) is 10.0 Å². The smallest absolute Gasteiger partial charge is 0.255 e. The Kier molecular flexibility index (Phi) is 6.11. The van der Waals surface area contributed by atoms with Gasteiger partial charge in [-0.1, -0.05) is 30.3 Å². The summed E-state index contributed by atoms with van der Waals surface area (Å²) in [7, 11) is -0.647. The van der Waals surface area contributed by atoms with Crippen molar-refractivity contribution < 1.29 is 17.9 Å². The summed E-state index contributed by atoms with van der Waals surface area (Å²) in [5.41, 5.74) is 1.79. The van der Waals surface area contributed by atoms with Crippen molar-refractivity contribution in [2.24, 2.45) is 0 Å². The molecule has 0 unspecified atom stereocenters. The molecule has 0 fully saturated rings. The van der Waals surface area contributed by atoms with E-state index in [-0.39, 0.29) is 11.4 Å². The summed E-state index contributed by atoms with van der Waals surface area (Å²) in [5, 5.41) is 2.70. The van der Waals surface area contributed by atoms with Crippen molar-refractivity contribution in [2.75, 3.05) is 37.9 Å². The van der Waals surface area contributed by atoms with Gasteiger partial charge in [0.1, 0.15) is 0 Å². The summed E-state index contributed by atoms with van der Waals surface area (Å²) in [5.74, 6) is -0.329. The molecule has 1 aromatic carbocycles. The molecule has 1 N–H and O–H groups in total. The summed E-state index contributed by atoms with van der Waals surface area (Å²) in [6.45, 7) is 0.668. The standard InChI is InChI=1S/C17H21N3O4S/c1-20(25(3,22)23)16-15(17(21)18-9-10-24-2)11-14(12-19-16)13-7-5-4-6-8-13/h4-8,11-12H,9-10H2,1-3H3,(H,18,21). The SMILES string of the molecule is COCCNC(=O)c1cc(-c2ccccc2)cnc1N(C)S(C)(=O)=O. The highest BCUT2D eigenvalue weighted by Gasteiger charge is 2.22. The monoisotopic (exact) mass is 363 g/mol. The Morgan fingerprint density at radius 1 is 1.24 bits per heavy atom. The van der Waals surface area contributed by atoms with Gasteiger partial charge in [-0.15, -0.1) is 0 Å². The molecule has 0 aliphatic heterocycles. The van der Waals surface area contributed by atoms with Crippen LogP contribution in [-0.4, -0.2) is 52.9 Å². The highest BCUT2D eigenvalue weighted by atomic mass is 32.2. The van der Waals surface area contributed by atoms with Crippen LogP contribution >= 0.6 is 0 Å². The first-order chi connectivity index (χ1) is 11.8. The van der Waals surface area contributed by atoms with Gasteiger partial charge in [-0.2, -0.15) is 0 Å². The zero-order valence-corrected chi connectivity index (χ0v) is 15.2. The largest absolute Gasteiger partial charge is 0.383 e. The number of hydrogen-bond donors (Lipinski definition) is 1. The lowest BCUT2D eigenvalue weighted by molar-refractivity contribution is 0.0937. The van der Waals surface area contributed by atoms with Crippen LogP contribution < -0.4 is 9.62 Å². The third kappa shape index (κ3) is 4.77. The Bertz CT molecular complexity index is 838. The molecular formula is C17H21N3O4S. The number of sulfonamides is 1. The fourth-order valence-corrected chi connectivity index (χ4v) is 2.64. The molecule has 1 amide bonds. The predicted molar refractivity (Wildman–Crippen MR) is 97.1 cm³/mol. The number of ether oxygens (including phenoxy) is 1. The molecule has 7 nitrogen and oxygen atoms in total. The van der Waals surface area contributed by atoms with Gasteiger partial charge in [0.05, 0.1) is 18.4 Å². The third-order valence-corrected chi connectivity index (χ3v) is 4.77.